The molecule has 0 unspecified atom stereocenters. The Morgan fingerprint density at radius 1 is 1.27 bits per heavy atom. The van der Waals surface area contributed by atoms with Gasteiger partial charge in [-0.25, -0.2) is 4.68 Å². The van der Waals surface area contributed by atoms with Gasteiger partial charge in [-0.2, -0.15) is 5.10 Å². The molecule has 2 aromatic rings. The molecule has 116 valence electrons. The quantitative estimate of drug-likeness (QED) is 0.886. The number of nitrogens with zero attached hydrogens (tertiary/aromatic N) is 3. The molecule has 0 bridgehead atoms. The Balaban J connectivity index is 2.00. The molecule has 1 N–H and O–H groups in total. The first-order chi connectivity index (χ1) is 10.5. The Morgan fingerprint density at radius 2 is 1.95 bits per heavy atom. The Labute approximate surface area is 129 Å². The standard InChI is InChI=1S/C16H19N3O3/c1-12-10-17-19(11-12)14-7-5-13(6-8-14)16(22)18(2)9-3-4-15(20)21/h5-8,10-11H,3-4,9H2,1-2H3,(H,20,21). The lowest BCUT2D eigenvalue weighted by Crippen LogP contribution is -2.28. The first-order valence-corrected chi connectivity index (χ1v) is 7.06. The topological polar surface area (TPSA) is 75.4 Å². The highest BCUT2D eigenvalue weighted by molar-refractivity contribution is 5.94. The van der Waals surface area contributed by atoms with Gasteiger partial charge < -0.3 is 10.0 Å². The van der Waals surface area contributed by atoms with E-state index in [4.69, 9.17) is 5.11 Å². The van der Waals surface area contributed by atoms with Gasteiger partial charge in [0.1, 0.15) is 0 Å². The Morgan fingerprint density at radius 3 is 2.50 bits per heavy atom. The number of aromatic nitrogens is 2. The first kappa shape index (κ1) is 15.8. The van der Waals surface area contributed by atoms with Crippen LogP contribution < -0.4 is 0 Å². The SMILES string of the molecule is Cc1cnn(-c2ccc(C(=O)N(C)CCCC(=O)O)cc2)c1. The van der Waals surface area contributed by atoms with Gasteiger partial charge in [-0.15, -0.1) is 0 Å². The summed E-state index contributed by atoms with van der Waals surface area (Å²) in [6.07, 6.45) is 4.20. The van der Waals surface area contributed by atoms with E-state index >= 15 is 0 Å². The predicted octanol–water partition coefficient (Wildman–Crippen LogP) is 2.12. The van der Waals surface area contributed by atoms with Gasteiger partial charge in [0.05, 0.1) is 11.9 Å². The molecular formula is C16H19N3O3. The fraction of sp³-hybridized carbons (Fsp3) is 0.312. The van der Waals surface area contributed by atoms with Crippen LogP contribution in [0.15, 0.2) is 36.7 Å². The van der Waals surface area contributed by atoms with Crippen molar-refractivity contribution in [2.24, 2.45) is 0 Å². The smallest absolute Gasteiger partial charge is 0.303 e. The molecule has 1 aromatic carbocycles. The van der Waals surface area contributed by atoms with Gasteiger partial charge in [-0.3, -0.25) is 9.59 Å². The summed E-state index contributed by atoms with van der Waals surface area (Å²) in [5, 5.41) is 12.8. The third-order valence-electron chi connectivity index (χ3n) is 3.32. The number of carboxylic acids is 1. The molecule has 2 rings (SSSR count). The molecule has 1 amide bonds. The number of carboxylic acid groups (broad SMARTS) is 1. The molecule has 1 heterocycles. The predicted molar refractivity (Wildman–Crippen MR) is 82.1 cm³/mol. The van der Waals surface area contributed by atoms with Crippen LogP contribution in [0.2, 0.25) is 0 Å². The number of amides is 1. The number of hydrogen-bond donors (Lipinski definition) is 1. The highest BCUT2D eigenvalue weighted by Gasteiger charge is 2.12. The maximum Gasteiger partial charge on any atom is 0.303 e. The zero-order chi connectivity index (χ0) is 16.1. The van der Waals surface area contributed by atoms with E-state index in [1.54, 1.807) is 30.1 Å². The molecule has 0 radical (unpaired) electrons. The van der Waals surface area contributed by atoms with Gasteiger partial charge in [0.25, 0.3) is 5.91 Å². The number of carbonyl (C=O) groups excluding carboxylic acids is 1. The fourth-order valence-corrected chi connectivity index (χ4v) is 2.10. The van der Waals surface area contributed by atoms with Crippen molar-refractivity contribution >= 4 is 11.9 Å². The Kier molecular flexibility index (Phi) is 4.93. The third-order valence-corrected chi connectivity index (χ3v) is 3.32. The molecule has 0 atom stereocenters. The van der Waals surface area contributed by atoms with Crippen LogP contribution in [-0.2, 0) is 4.79 Å². The molecule has 6 nitrogen and oxygen atoms in total. The zero-order valence-electron chi connectivity index (χ0n) is 12.7. The van der Waals surface area contributed by atoms with Crippen LogP contribution in [0.5, 0.6) is 0 Å². The highest BCUT2D eigenvalue weighted by atomic mass is 16.4. The zero-order valence-corrected chi connectivity index (χ0v) is 12.7. The van der Waals surface area contributed by atoms with Crippen LogP contribution in [0.1, 0.15) is 28.8 Å². The minimum absolute atomic E-state index is 0.0647. The summed E-state index contributed by atoms with van der Waals surface area (Å²) in [7, 11) is 1.68. The molecule has 0 saturated carbocycles. The summed E-state index contributed by atoms with van der Waals surface area (Å²) in [4.78, 5) is 24.2. The second-order valence-electron chi connectivity index (χ2n) is 5.23. The van der Waals surface area contributed by atoms with Crippen molar-refractivity contribution in [2.45, 2.75) is 19.8 Å². The summed E-state index contributed by atoms with van der Waals surface area (Å²) in [5.41, 5.74) is 2.53. The van der Waals surface area contributed by atoms with Crippen molar-refractivity contribution in [3.63, 3.8) is 0 Å². The van der Waals surface area contributed by atoms with Gasteiger partial charge >= 0.3 is 5.97 Å². The van der Waals surface area contributed by atoms with Crippen LogP contribution in [0, 0.1) is 6.92 Å². The van der Waals surface area contributed by atoms with Gasteiger partial charge in [-0.1, -0.05) is 0 Å². The number of hydrogen-bond acceptors (Lipinski definition) is 3. The molecule has 1 aromatic heterocycles. The second-order valence-corrected chi connectivity index (χ2v) is 5.23. The van der Waals surface area contributed by atoms with Crippen molar-refractivity contribution in [2.75, 3.05) is 13.6 Å². The maximum absolute atomic E-state index is 12.2. The summed E-state index contributed by atoms with van der Waals surface area (Å²) in [6, 6.07) is 7.18. The summed E-state index contributed by atoms with van der Waals surface area (Å²) < 4.78 is 1.75. The second kappa shape index (κ2) is 6.89. The van der Waals surface area contributed by atoms with E-state index in [-0.39, 0.29) is 12.3 Å². The molecular weight excluding hydrogens is 282 g/mol. The van der Waals surface area contributed by atoms with Gasteiger partial charge in [0, 0.05) is 31.8 Å². The summed E-state index contributed by atoms with van der Waals surface area (Å²) in [5.74, 6) is -0.965. The third kappa shape index (κ3) is 3.94. The van der Waals surface area contributed by atoms with E-state index in [0.717, 1.165) is 11.3 Å². The van der Waals surface area contributed by atoms with Crippen molar-refractivity contribution in [3.05, 3.63) is 47.8 Å². The first-order valence-electron chi connectivity index (χ1n) is 7.06. The van der Waals surface area contributed by atoms with E-state index in [0.29, 0.717) is 18.5 Å². The van der Waals surface area contributed by atoms with Crippen LogP contribution in [0.3, 0.4) is 0 Å². The number of aryl methyl sites for hydroxylation is 1. The minimum Gasteiger partial charge on any atom is -0.481 e. The molecule has 0 aliphatic rings. The summed E-state index contributed by atoms with van der Waals surface area (Å²) in [6.45, 7) is 2.39. The number of carbonyl (C=O) groups is 2. The van der Waals surface area contributed by atoms with Crippen molar-refractivity contribution in [3.8, 4) is 5.69 Å². The molecule has 0 spiro atoms. The molecule has 6 heteroatoms. The molecule has 0 saturated heterocycles. The van der Waals surface area contributed by atoms with Crippen LogP contribution >= 0.6 is 0 Å². The van der Waals surface area contributed by atoms with Crippen molar-refractivity contribution in [1.29, 1.82) is 0 Å². The molecule has 0 aliphatic heterocycles. The number of benzene rings is 1. The van der Waals surface area contributed by atoms with Crippen LogP contribution in [0.4, 0.5) is 0 Å². The van der Waals surface area contributed by atoms with Gasteiger partial charge in [0.2, 0.25) is 0 Å². The lowest BCUT2D eigenvalue weighted by molar-refractivity contribution is -0.137. The molecule has 0 fully saturated rings. The normalized spacial score (nSPS) is 10.5. The lowest BCUT2D eigenvalue weighted by Gasteiger charge is -2.16. The van der Waals surface area contributed by atoms with Gasteiger partial charge in [-0.05, 0) is 43.2 Å². The van der Waals surface area contributed by atoms with Crippen LogP contribution in [-0.4, -0.2) is 45.3 Å². The molecule has 0 aliphatic carbocycles. The largest absolute Gasteiger partial charge is 0.481 e. The van der Waals surface area contributed by atoms with Gasteiger partial charge in [0.15, 0.2) is 0 Å². The van der Waals surface area contributed by atoms with E-state index in [9.17, 15) is 9.59 Å². The average Bonchev–Trinajstić information content (AvgIpc) is 2.93. The van der Waals surface area contributed by atoms with Crippen molar-refractivity contribution < 1.29 is 14.7 Å². The van der Waals surface area contributed by atoms with E-state index in [1.807, 2.05) is 25.3 Å². The monoisotopic (exact) mass is 301 g/mol. The number of rotatable bonds is 6. The molecule has 22 heavy (non-hydrogen) atoms. The van der Waals surface area contributed by atoms with Crippen molar-refractivity contribution in [1.82, 2.24) is 14.7 Å². The minimum atomic E-state index is -0.847. The van der Waals surface area contributed by atoms with E-state index < -0.39 is 5.97 Å². The van der Waals surface area contributed by atoms with E-state index in [2.05, 4.69) is 5.10 Å². The Hall–Kier alpha value is -2.63. The Bertz CT molecular complexity index is 662. The fourth-order valence-electron chi connectivity index (χ4n) is 2.10. The maximum atomic E-state index is 12.2. The highest BCUT2D eigenvalue weighted by Crippen LogP contribution is 2.11. The number of aliphatic carboxylic acids is 1. The van der Waals surface area contributed by atoms with Crippen LogP contribution in [0.25, 0.3) is 5.69 Å². The average molecular weight is 301 g/mol. The summed E-state index contributed by atoms with van der Waals surface area (Å²) >= 11 is 0. The van der Waals surface area contributed by atoms with E-state index in [1.165, 1.54) is 4.90 Å². The lowest BCUT2D eigenvalue weighted by atomic mass is 10.1.